The number of carbonyl (C=O) groups is 1. The molecule has 0 fully saturated rings. The lowest BCUT2D eigenvalue weighted by Crippen LogP contribution is -2.28. The normalized spacial score (nSPS) is 12.3. The zero-order chi connectivity index (χ0) is 15.6. The Morgan fingerprint density at radius 3 is 2.25 bits per heavy atom. The van der Waals surface area contributed by atoms with E-state index < -0.39 is 17.4 Å². The van der Waals surface area contributed by atoms with Crippen LogP contribution in [-0.2, 0) is 14.8 Å². The number of benzene rings is 1. The second-order valence-electron chi connectivity index (χ2n) is 6.15. The first-order valence-electron chi connectivity index (χ1n) is 6.40. The molecule has 0 saturated heterocycles. The van der Waals surface area contributed by atoms with Gasteiger partial charge in [0, 0.05) is 5.56 Å². The van der Waals surface area contributed by atoms with Crippen molar-refractivity contribution in [1.29, 1.82) is 0 Å². The van der Waals surface area contributed by atoms with Gasteiger partial charge in [0.15, 0.2) is 0 Å². The topological polar surface area (TPSA) is 35.5 Å². The number of rotatable bonds is 4. The van der Waals surface area contributed by atoms with Gasteiger partial charge in [-0.05, 0) is 31.0 Å². The zero-order valence-corrected chi connectivity index (χ0v) is 13.8. The van der Waals surface area contributed by atoms with Crippen LogP contribution in [0.5, 0.6) is 0 Å². The summed E-state index contributed by atoms with van der Waals surface area (Å²) >= 11 is 0. The molecule has 0 amide bonds. The molecule has 1 aromatic rings. The second-order valence-corrected chi connectivity index (χ2v) is 8.06. The molecule has 0 atom stereocenters. The number of hydrogen-bond acceptors (Lipinski definition) is 3. The molecule has 5 heteroatoms. The van der Waals surface area contributed by atoms with Crippen LogP contribution in [0.25, 0.3) is 0 Å². The van der Waals surface area contributed by atoms with Crippen LogP contribution in [0.4, 0.5) is 4.39 Å². The minimum atomic E-state index is -0.746. The fourth-order valence-corrected chi connectivity index (χ4v) is 2.26. The molecule has 2 radical (unpaired) electrons. The van der Waals surface area contributed by atoms with Gasteiger partial charge in [-0.15, -0.1) is 0 Å². The Hall–Kier alpha value is -1.20. The van der Waals surface area contributed by atoms with Crippen molar-refractivity contribution in [3.8, 4) is 0 Å². The number of ether oxygens (including phenoxy) is 1. The molecule has 0 spiro atoms. The summed E-state index contributed by atoms with van der Waals surface area (Å²) in [5.74, 6) is -1.01. The molecule has 20 heavy (non-hydrogen) atoms. The average Bonchev–Trinajstić information content (AvgIpc) is 2.34. The van der Waals surface area contributed by atoms with Crippen molar-refractivity contribution >= 4 is 15.7 Å². The number of carbonyl (C=O) groups excluding carboxylic acids is 1. The SMILES string of the molecule is COC(=O)c1ccc(C(C)(C)O[Si]C(C)(C)C)c(F)c1. The van der Waals surface area contributed by atoms with Crippen molar-refractivity contribution in [3.05, 3.63) is 35.1 Å². The molecule has 1 rings (SSSR count). The van der Waals surface area contributed by atoms with E-state index in [2.05, 4.69) is 25.5 Å². The van der Waals surface area contributed by atoms with E-state index in [1.54, 1.807) is 12.1 Å². The van der Waals surface area contributed by atoms with Crippen LogP contribution >= 0.6 is 0 Å². The third-order valence-electron chi connectivity index (χ3n) is 2.65. The van der Waals surface area contributed by atoms with Crippen molar-refractivity contribution in [3.63, 3.8) is 0 Å². The summed E-state index contributed by atoms with van der Waals surface area (Å²) in [6, 6.07) is 4.32. The Labute approximate surface area is 122 Å². The molecule has 0 bridgehead atoms. The van der Waals surface area contributed by atoms with E-state index in [1.807, 2.05) is 13.8 Å². The smallest absolute Gasteiger partial charge is 0.337 e. The highest BCUT2D eigenvalue weighted by molar-refractivity contribution is 6.31. The Balaban J connectivity index is 2.98. The highest BCUT2D eigenvalue weighted by Crippen LogP contribution is 2.31. The number of methoxy groups -OCH3 is 1. The summed E-state index contributed by atoms with van der Waals surface area (Å²) in [5.41, 5.74) is -0.116. The maximum Gasteiger partial charge on any atom is 0.337 e. The van der Waals surface area contributed by atoms with Crippen molar-refractivity contribution in [2.45, 2.75) is 45.3 Å². The van der Waals surface area contributed by atoms with E-state index >= 15 is 0 Å². The molecule has 110 valence electrons. The molecule has 0 aliphatic rings. The summed E-state index contributed by atoms with van der Waals surface area (Å²) in [6.07, 6.45) is 0. The van der Waals surface area contributed by atoms with Crippen LogP contribution in [0.1, 0.15) is 50.5 Å². The molecule has 0 heterocycles. The van der Waals surface area contributed by atoms with E-state index in [9.17, 15) is 9.18 Å². The van der Waals surface area contributed by atoms with Crippen LogP contribution < -0.4 is 0 Å². The number of halogens is 1. The van der Waals surface area contributed by atoms with Crippen molar-refractivity contribution in [2.75, 3.05) is 7.11 Å². The van der Waals surface area contributed by atoms with Gasteiger partial charge < -0.3 is 9.16 Å². The third kappa shape index (κ3) is 4.42. The third-order valence-corrected chi connectivity index (χ3v) is 3.88. The van der Waals surface area contributed by atoms with Gasteiger partial charge in [0.25, 0.3) is 0 Å². The van der Waals surface area contributed by atoms with Gasteiger partial charge in [-0.1, -0.05) is 26.8 Å². The lowest BCUT2D eigenvalue weighted by molar-refractivity contribution is 0.0599. The first-order valence-corrected chi connectivity index (χ1v) is 7.31. The van der Waals surface area contributed by atoms with Gasteiger partial charge in [-0.25, -0.2) is 9.18 Å². The van der Waals surface area contributed by atoms with E-state index in [4.69, 9.17) is 4.43 Å². The highest BCUT2D eigenvalue weighted by atomic mass is 28.2. The Bertz CT molecular complexity index is 492. The van der Waals surface area contributed by atoms with Crippen LogP contribution in [-0.4, -0.2) is 22.8 Å². The van der Waals surface area contributed by atoms with Crippen molar-refractivity contribution in [1.82, 2.24) is 0 Å². The minimum Gasteiger partial charge on any atom is -0.465 e. The van der Waals surface area contributed by atoms with Crippen LogP contribution in [0.3, 0.4) is 0 Å². The Morgan fingerprint density at radius 2 is 1.80 bits per heavy atom. The Kier molecular flexibility index (Phi) is 5.10. The molecule has 0 N–H and O–H groups in total. The van der Waals surface area contributed by atoms with E-state index in [-0.39, 0.29) is 20.4 Å². The van der Waals surface area contributed by atoms with Gasteiger partial charge in [-0.3, -0.25) is 0 Å². The summed E-state index contributed by atoms with van der Waals surface area (Å²) in [5, 5.41) is 0.0275. The molecular formula is C15H21FO3Si. The highest BCUT2D eigenvalue weighted by Gasteiger charge is 2.28. The van der Waals surface area contributed by atoms with Crippen molar-refractivity contribution in [2.24, 2.45) is 0 Å². The largest absolute Gasteiger partial charge is 0.465 e. The predicted molar refractivity (Wildman–Crippen MR) is 77.3 cm³/mol. The lowest BCUT2D eigenvalue weighted by Gasteiger charge is -2.30. The predicted octanol–water partition coefficient (Wildman–Crippen LogP) is 3.70. The average molecular weight is 296 g/mol. The molecule has 3 nitrogen and oxygen atoms in total. The maximum absolute atomic E-state index is 14.2. The summed E-state index contributed by atoms with van der Waals surface area (Å²) in [6.45, 7) is 9.85. The van der Waals surface area contributed by atoms with Gasteiger partial charge in [0.1, 0.15) is 5.82 Å². The fraction of sp³-hybridized carbons (Fsp3) is 0.533. The van der Waals surface area contributed by atoms with Gasteiger partial charge in [-0.2, -0.15) is 0 Å². The summed E-state index contributed by atoms with van der Waals surface area (Å²) < 4.78 is 24.6. The first-order chi connectivity index (χ1) is 9.07. The van der Waals surface area contributed by atoms with E-state index in [1.165, 1.54) is 13.2 Å². The van der Waals surface area contributed by atoms with Crippen LogP contribution in [0, 0.1) is 5.82 Å². The molecule has 0 aromatic heterocycles. The van der Waals surface area contributed by atoms with Crippen LogP contribution in [0.2, 0.25) is 5.04 Å². The Morgan fingerprint density at radius 1 is 1.20 bits per heavy atom. The maximum atomic E-state index is 14.2. The van der Waals surface area contributed by atoms with E-state index in [0.717, 1.165) is 0 Å². The van der Waals surface area contributed by atoms with Gasteiger partial charge in [0.2, 0.25) is 9.76 Å². The quantitative estimate of drug-likeness (QED) is 0.628. The fourth-order valence-electron chi connectivity index (χ4n) is 1.58. The minimum absolute atomic E-state index is 0.0275. The van der Waals surface area contributed by atoms with Crippen molar-refractivity contribution < 1.29 is 18.3 Å². The molecule has 1 aromatic carbocycles. The van der Waals surface area contributed by atoms with Gasteiger partial charge in [0.05, 0.1) is 18.3 Å². The molecule has 0 aliphatic carbocycles. The zero-order valence-electron chi connectivity index (χ0n) is 12.8. The van der Waals surface area contributed by atoms with Gasteiger partial charge >= 0.3 is 5.97 Å². The second kappa shape index (κ2) is 6.05. The molecule has 0 aliphatic heterocycles. The molecule has 0 unspecified atom stereocenters. The molecule has 0 saturated carbocycles. The summed E-state index contributed by atoms with van der Waals surface area (Å²) in [4.78, 5) is 11.4. The molecular weight excluding hydrogens is 275 g/mol. The number of hydrogen-bond donors (Lipinski definition) is 0. The standard InChI is InChI=1S/C15H21FO3Si/c1-14(2,3)20-19-15(4,5)11-8-7-10(9-12(11)16)13(17)18-6/h7-9H,1-6H3. The first kappa shape index (κ1) is 16.9. The lowest BCUT2D eigenvalue weighted by atomic mass is 9.96. The van der Waals surface area contributed by atoms with Crippen LogP contribution in [0.15, 0.2) is 18.2 Å². The van der Waals surface area contributed by atoms with E-state index in [0.29, 0.717) is 5.56 Å². The summed E-state index contributed by atoms with van der Waals surface area (Å²) in [7, 11) is 1.52. The monoisotopic (exact) mass is 296 g/mol. The number of esters is 1.